The number of hydrogen-bond donors (Lipinski definition) is 1. The Kier molecular flexibility index (Phi) is 4.50. The zero-order valence-electron chi connectivity index (χ0n) is 12.2. The Labute approximate surface area is 134 Å². The van der Waals surface area contributed by atoms with Crippen molar-refractivity contribution in [2.45, 2.75) is 44.4 Å². The van der Waals surface area contributed by atoms with E-state index in [1.54, 1.807) is 0 Å². The SMILES string of the molecule is CC(Oc1ccc(Br)cc1)C(=O)N1C2CCNCC1CC2. The molecule has 1 aromatic rings. The van der Waals surface area contributed by atoms with Gasteiger partial charge in [0.2, 0.25) is 0 Å². The minimum absolute atomic E-state index is 0.120. The lowest BCUT2D eigenvalue weighted by molar-refractivity contribution is -0.140. The molecule has 3 atom stereocenters. The predicted molar refractivity (Wildman–Crippen MR) is 85.4 cm³/mol. The highest BCUT2D eigenvalue weighted by molar-refractivity contribution is 9.10. The summed E-state index contributed by atoms with van der Waals surface area (Å²) < 4.78 is 6.82. The molecule has 3 unspecified atom stereocenters. The minimum atomic E-state index is -0.438. The van der Waals surface area contributed by atoms with E-state index < -0.39 is 6.10 Å². The topological polar surface area (TPSA) is 41.6 Å². The van der Waals surface area contributed by atoms with Gasteiger partial charge < -0.3 is 15.0 Å². The summed E-state index contributed by atoms with van der Waals surface area (Å²) in [7, 11) is 0. The molecule has 0 radical (unpaired) electrons. The van der Waals surface area contributed by atoms with Crippen molar-refractivity contribution in [3.05, 3.63) is 28.7 Å². The summed E-state index contributed by atoms with van der Waals surface area (Å²) in [5.74, 6) is 0.855. The molecule has 0 spiro atoms. The summed E-state index contributed by atoms with van der Waals surface area (Å²) in [5.41, 5.74) is 0. The highest BCUT2D eigenvalue weighted by Crippen LogP contribution is 2.29. The van der Waals surface area contributed by atoms with Crippen molar-refractivity contribution < 1.29 is 9.53 Å². The van der Waals surface area contributed by atoms with Crippen LogP contribution >= 0.6 is 15.9 Å². The second-order valence-electron chi connectivity index (χ2n) is 5.84. The van der Waals surface area contributed by atoms with Crippen LogP contribution in [-0.2, 0) is 4.79 Å². The Hall–Kier alpha value is -1.07. The van der Waals surface area contributed by atoms with Crippen molar-refractivity contribution in [1.82, 2.24) is 10.2 Å². The lowest BCUT2D eigenvalue weighted by atomic mass is 10.1. The Morgan fingerprint density at radius 2 is 2.00 bits per heavy atom. The van der Waals surface area contributed by atoms with Crippen LogP contribution in [0.5, 0.6) is 5.75 Å². The van der Waals surface area contributed by atoms with Crippen molar-refractivity contribution in [2.24, 2.45) is 0 Å². The Morgan fingerprint density at radius 3 is 2.76 bits per heavy atom. The second-order valence-corrected chi connectivity index (χ2v) is 6.75. The van der Waals surface area contributed by atoms with Gasteiger partial charge in [-0.1, -0.05) is 15.9 Å². The Morgan fingerprint density at radius 1 is 1.29 bits per heavy atom. The average molecular weight is 353 g/mol. The first kappa shape index (κ1) is 14.9. The second kappa shape index (κ2) is 6.36. The molecule has 2 saturated heterocycles. The van der Waals surface area contributed by atoms with E-state index in [9.17, 15) is 4.79 Å². The molecule has 1 amide bonds. The summed E-state index contributed by atoms with van der Waals surface area (Å²) in [5, 5.41) is 3.42. The van der Waals surface area contributed by atoms with E-state index >= 15 is 0 Å². The molecular formula is C16H21BrN2O2. The molecule has 1 N–H and O–H groups in total. The zero-order chi connectivity index (χ0) is 14.8. The molecule has 114 valence electrons. The first-order chi connectivity index (χ1) is 10.1. The molecule has 3 rings (SSSR count). The van der Waals surface area contributed by atoms with Gasteiger partial charge in [-0.2, -0.15) is 0 Å². The van der Waals surface area contributed by atoms with Gasteiger partial charge in [0.05, 0.1) is 0 Å². The van der Waals surface area contributed by atoms with Gasteiger partial charge >= 0.3 is 0 Å². The van der Waals surface area contributed by atoms with E-state index in [0.717, 1.165) is 42.6 Å². The van der Waals surface area contributed by atoms with Crippen LogP contribution in [0, 0.1) is 0 Å². The highest BCUT2D eigenvalue weighted by atomic mass is 79.9. The van der Waals surface area contributed by atoms with E-state index in [1.165, 1.54) is 0 Å². The van der Waals surface area contributed by atoms with E-state index in [-0.39, 0.29) is 5.91 Å². The summed E-state index contributed by atoms with van der Waals surface area (Å²) in [6.07, 6.45) is 2.84. The number of fused-ring (bicyclic) bond motifs is 2. The molecule has 5 heteroatoms. The number of nitrogens with one attached hydrogen (secondary N) is 1. The van der Waals surface area contributed by atoms with Crippen LogP contribution in [0.4, 0.5) is 0 Å². The third-order valence-corrected chi connectivity index (χ3v) is 4.91. The van der Waals surface area contributed by atoms with Crippen LogP contribution in [-0.4, -0.2) is 42.1 Å². The first-order valence-corrected chi connectivity index (χ1v) is 8.39. The zero-order valence-corrected chi connectivity index (χ0v) is 13.8. The molecule has 2 heterocycles. The normalized spacial score (nSPS) is 26.3. The number of carbonyl (C=O) groups is 1. The van der Waals surface area contributed by atoms with Crippen molar-refractivity contribution in [1.29, 1.82) is 0 Å². The summed E-state index contributed by atoms with van der Waals surface area (Å²) in [4.78, 5) is 14.8. The Bertz CT molecular complexity index is 492. The molecule has 2 aliphatic rings. The standard InChI is InChI=1S/C16H21BrN2O2/c1-11(21-15-6-2-12(17)3-7-15)16(20)19-13-4-5-14(19)10-18-9-8-13/h2-3,6-7,11,13-14,18H,4-5,8-10H2,1H3. The van der Waals surface area contributed by atoms with Crippen LogP contribution in [0.1, 0.15) is 26.2 Å². The lowest BCUT2D eigenvalue weighted by Gasteiger charge is -2.30. The molecule has 4 nitrogen and oxygen atoms in total. The number of benzene rings is 1. The molecule has 0 aliphatic carbocycles. The molecule has 0 aromatic heterocycles. The van der Waals surface area contributed by atoms with Gasteiger partial charge in [-0.15, -0.1) is 0 Å². The maximum absolute atomic E-state index is 12.7. The van der Waals surface area contributed by atoms with Gasteiger partial charge in [0, 0.05) is 23.1 Å². The third kappa shape index (κ3) is 3.24. The van der Waals surface area contributed by atoms with Crippen molar-refractivity contribution in [3.8, 4) is 5.75 Å². The van der Waals surface area contributed by atoms with Crippen LogP contribution in [0.3, 0.4) is 0 Å². The average Bonchev–Trinajstić information content (AvgIpc) is 2.73. The fourth-order valence-corrected chi connectivity index (χ4v) is 3.58. The van der Waals surface area contributed by atoms with Gasteiger partial charge in [-0.25, -0.2) is 0 Å². The third-order valence-electron chi connectivity index (χ3n) is 4.38. The van der Waals surface area contributed by atoms with Crippen LogP contribution < -0.4 is 10.1 Å². The van der Waals surface area contributed by atoms with E-state index in [1.807, 2.05) is 31.2 Å². The molecular weight excluding hydrogens is 332 g/mol. The minimum Gasteiger partial charge on any atom is -0.481 e. The number of halogens is 1. The van der Waals surface area contributed by atoms with Crippen molar-refractivity contribution in [2.75, 3.05) is 13.1 Å². The quantitative estimate of drug-likeness (QED) is 0.908. The van der Waals surface area contributed by atoms with Crippen LogP contribution in [0.15, 0.2) is 28.7 Å². The summed E-state index contributed by atoms with van der Waals surface area (Å²) in [6, 6.07) is 8.33. The highest BCUT2D eigenvalue weighted by Gasteiger charge is 2.40. The largest absolute Gasteiger partial charge is 0.481 e. The monoisotopic (exact) mass is 352 g/mol. The molecule has 2 fully saturated rings. The van der Waals surface area contributed by atoms with Gasteiger partial charge in [0.1, 0.15) is 5.75 Å². The number of ether oxygens (including phenoxy) is 1. The summed E-state index contributed by atoms with van der Waals surface area (Å²) in [6.45, 7) is 3.77. The number of carbonyl (C=O) groups excluding carboxylic acids is 1. The molecule has 21 heavy (non-hydrogen) atoms. The molecule has 1 aromatic carbocycles. The lowest BCUT2D eigenvalue weighted by Crippen LogP contribution is -2.48. The first-order valence-electron chi connectivity index (χ1n) is 7.60. The molecule has 2 aliphatic heterocycles. The Balaban J connectivity index is 1.68. The fourth-order valence-electron chi connectivity index (χ4n) is 3.32. The molecule has 0 saturated carbocycles. The fraction of sp³-hybridized carbons (Fsp3) is 0.562. The van der Waals surface area contributed by atoms with E-state index in [0.29, 0.717) is 12.1 Å². The van der Waals surface area contributed by atoms with Gasteiger partial charge in [0.15, 0.2) is 6.10 Å². The smallest absolute Gasteiger partial charge is 0.263 e. The van der Waals surface area contributed by atoms with Gasteiger partial charge in [-0.05, 0) is 57.0 Å². The maximum Gasteiger partial charge on any atom is 0.263 e. The summed E-state index contributed by atoms with van der Waals surface area (Å²) >= 11 is 3.40. The van der Waals surface area contributed by atoms with E-state index in [4.69, 9.17) is 4.74 Å². The number of rotatable bonds is 3. The van der Waals surface area contributed by atoms with E-state index in [2.05, 4.69) is 26.1 Å². The van der Waals surface area contributed by atoms with Gasteiger partial charge in [0.25, 0.3) is 5.91 Å². The van der Waals surface area contributed by atoms with Gasteiger partial charge in [-0.3, -0.25) is 4.79 Å². The van der Waals surface area contributed by atoms with Crippen LogP contribution in [0.25, 0.3) is 0 Å². The predicted octanol–water partition coefficient (Wildman–Crippen LogP) is 2.57. The number of amides is 1. The van der Waals surface area contributed by atoms with Crippen molar-refractivity contribution >= 4 is 21.8 Å². The van der Waals surface area contributed by atoms with Crippen molar-refractivity contribution in [3.63, 3.8) is 0 Å². The maximum atomic E-state index is 12.7. The van der Waals surface area contributed by atoms with Crippen LogP contribution in [0.2, 0.25) is 0 Å². The number of hydrogen-bond acceptors (Lipinski definition) is 3. The number of nitrogens with zero attached hydrogens (tertiary/aromatic N) is 1. The molecule has 2 bridgehead atoms.